The number of amides is 1. The normalized spacial score (nSPS) is 10.8. The number of para-hydroxylation sites is 1. The van der Waals surface area contributed by atoms with Gasteiger partial charge in [-0.25, -0.2) is 10.2 Å². The zero-order chi connectivity index (χ0) is 18.2. The van der Waals surface area contributed by atoms with Crippen molar-refractivity contribution in [1.82, 2.24) is 5.43 Å². The lowest BCUT2D eigenvalue weighted by Gasteiger charge is -2.11. The van der Waals surface area contributed by atoms with Crippen molar-refractivity contribution < 1.29 is 14.3 Å². The first kappa shape index (κ1) is 17.5. The largest absolute Gasteiger partial charge is 0.488 e. The number of carbonyl (C=O) groups excluding carboxylic acids is 1. The summed E-state index contributed by atoms with van der Waals surface area (Å²) in [5, 5.41) is 6.25. The van der Waals surface area contributed by atoms with Crippen LogP contribution in [-0.2, 0) is 11.3 Å². The highest BCUT2D eigenvalue weighted by Crippen LogP contribution is 2.22. The van der Waals surface area contributed by atoms with Gasteiger partial charge in [-0.05, 0) is 35.4 Å². The van der Waals surface area contributed by atoms with Crippen LogP contribution in [0.4, 0.5) is 4.79 Å². The molecule has 0 aliphatic rings. The molecule has 1 N–H and O–H groups in total. The molecule has 3 rings (SSSR count). The van der Waals surface area contributed by atoms with Crippen molar-refractivity contribution in [3.63, 3.8) is 0 Å². The van der Waals surface area contributed by atoms with Crippen molar-refractivity contribution in [3.8, 4) is 5.75 Å². The maximum Gasteiger partial charge on any atom is 0.427 e. The van der Waals surface area contributed by atoms with E-state index in [2.05, 4.69) is 34.8 Å². The summed E-state index contributed by atoms with van der Waals surface area (Å²) in [6, 6.07) is 21.9. The molecule has 3 aromatic rings. The number of ether oxygens (including phenoxy) is 2. The third kappa shape index (κ3) is 4.39. The van der Waals surface area contributed by atoms with Gasteiger partial charge in [0.25, 0.3) is 0 Å². The molecule has 0 radical (unpaired) electrons. The Bertz CT molecular complexity index is 917. The summed E-state index contributed by atoms with van der Waals surface area (Å²) in [6.07, 6.45) is 0.952. The molecule has 0 spiro atoms. The predicted octanol–water partition coefficient (Wildman–Crippen LogP) is 4.50. The number of hydrogen-bond acceptors (Lipinski definition) is 4. The van der Waals surface area contributed by atoms with Crippen LogP contribution in [0.5, 0.6) is 5.75 Å². The summed E-state index contributed by atoms with van der Waals surface area (Å²) < 4.78 is 10.8. The second-order valence-corrected chi connectivity index (χ2v) is 5.56. The number of hydrazone groups is 1. The molecule has 0 unspecified atom stereocenters. The lowest BCUT2D eigenvalue weighted by molar-refractivity contribution is 0.152. The second kappa shape index (κ2) is 8.67. The standard InChI is InChI=1S/C21H20N2O3/c1-2-25-21(24)23-22-14-17-9-4-6-13-20(17)26-15-18-11-7-10-16-8-3-5-12-19(16)18/h3-14H,2,15H2,1H3,(H,23,24). The summed E-state index contributed by atoms with van der Waals surface area (Å²) >= 11 is 0. The van der Waals surface area contributed by atoms with Gasteiger partial charge >= 0.3 is 6.09 Å². The predicted molar refractivity (Wildman–Crippen MR) is 102 cm³/mol. The zero-order valence-electron chi connectivity index (χ0n) is 14.5. The fraction of sp³-hybridized carbons (Fsp3) is 0.143. The molecule has 0 bridgehead atoms. The third-order valence-corrected chi connectivity index (χ3v) is 3.82. The van der Waals surface area contributed by atoms with Gasteiger partial charge in [-0.2, -0.15) is 5.10 Å². The molecule has 26 heavy (non-hydrogen) atoms. The van der Waals surface area contributed by atoms with Crippen LogP contribution in [0.25, 0.3) is 10.8 Å². The minimum absolute atomic E-state index is 0.298. The van der Waals surface area contributed by atoms with E-state index in [1.54, 1.807) is 6.92 Å². The van der Waals surface area contributed by atoms with Crippen molar-refractivity contribution in [1.29, 1.82) is 0 Å². The Labute approximate surface area is 152 Å². The van der Waals surface area contributed by atoms with Crippen molar-refractivity contribution >= 4 is 23.1 Å². The average Bonchev–Trinajstić information content (AvgIpc) is 2.67. The fourth-order valence-electron chi connectivity index (χ4n) is 2.61. The maximum atomic E-state index is 11.3. The van der Waals surface area contributed by atoms with Gasteiger partial charge in [-0.15, -0.1) is 0 Å². The summed E-state index contributed by atoms with van der Waals surface area (Å²) in [4.78, 5) is 11.3. The van der Waals surface area contributed by atoms with Crippen molar-refractivity contribution in [2.24, 2.45) is 5.10 Å². The summed E-state index contributed by atoms with van der Waals surface area (Å²) in [5.41, 5.74) is 4.19. The lowest BCUT2D eigenvalue weighted by atomic mass is 10.1. The molecule has 0 atom stereocenters. The van der Waals surface area contributed by atoms with E-state index in [1.165, 1.54) is 17.0 Å². The molecule has 132 valence electrons. The summed E-state index contributed by atoms with van der Waals surface area (Å²) in [5.74, 6) is 0.690. The molecule has 1 amide bonds. The summed E-state index contributed by atoms with van der Waals surface area (Å²) in [6.45, 7) is 2.48. The first-order valence-electron chi connectivity index (χ1n) is 8.42. The Morgan fingerprint density at radius 2 is 1.81 bits per heavy atom. The van der Waals surface area contributed by atoms with E-state index in [1.807, 2.05) is 42.5 Å². The van der Waals surface area contributed by atoms with Gasteiger partial charge in [0, 0.05) is 5.56 Å². The molecular formula is C21H20N2O3. The van der Waals surface area contributed by atoms with Crippen molar-refractivity contribution in [3.05, 3.63) is 77.9 Å². The Kier molecular flexibility index (Phi) is 5.83. The zero-order valence-corrected chi connectivity index (χ0v) is 14.5. The highest BCUT2D eigenvalue weighted by Gasteiger charge is 2.05. The topological polar surface area (TPSA) is 59.9 Å². The molecule has 0 saturated carbocycles. The molecule has 5 nitrogen and oxygen atoms in total. The number of carbonyl (C=O) groups is 1. The molecule has 3 aromatic carbocycles. The maximum absolute atomic E-state index is 11.3. The Hall–Kier alpha value is -3.34. The molecule has 0 aliphatic carbocycles. The Morgan fingerprint density at radius 1 is 1.04 bits per heavy atom. The SMILES string of the molecule is CCOC(=O)NN=Cc1ccccc1OCc1cccc2ccccc12. The van der Waals surface area contributed by atoms with E-state index < -0.39 is 6.09 Å². The van der Waals surface area contributed by atoms with Gasteiger partial charge in [-0.1, -0.05) is 54.6 Å². The molecule has 0 saturated heterocycles. The minimum Gasteiger partial charge on any atom is -0.488 e. The number of benzene rings is 3. The lowest BCUT2D eigenvalue weighted by Crippen LogP contribution is -2.18. The van der Waals surface area contributed by atoms with Crippen molar-refractivity contribution in [2.75, 3.05) is 6.61 Å². The number of nitrogens with one attached hydrogen (secondary N) is 1. The van der Waals surface area contributed by atoms with Crippen LogP contribution in [0.15, 0.2) is 71.8 Å². The molecule has 0 heterocycles. The van der Waals surface area contributed by atoms with Gasteiger partial charge < -0.3 is 9.47 Å². The van der Waals surface area contributed by atoms with E-state index in [-0.39, 0.29) is 0 Å². The van der Waals surface area contributed by atoms with Crippen LogP contribution in [-0.4, -0.2) is 18.9 Å². The molecule has 0 aliphatic heterocycles. The number of hydrogen-bond donors (Lipinski definition) is 1. The quantitative estimate of drug-likeness (QED) is 0.527. The first-order chi connectivity index (χ1) is 12.8. The monoisotopic (exact) mass is 348 g/mol. The third-order valence-electron chi connectivity index (χ3n) is 3.82. The van der Waals surface area contributed by atoms with E-state index >= 15 is 0 Å². The highest BCUT2D eigenvalue weighted by molar-refractivity contribution is 5.86. The number of nitrogens with zero attached hydrogens (tertiary/aromatic N) is 1. The smallest absolute Gasteiger partial charge is 0.427 e. The fourth-order valence-corrected chi connectivity index (χ4v) is 2.61. The molecule has 0 aromatic heterocycles. The van der Waals surface area contributed by atoms with E-state index in [9.17, 15) is 4.79 Å². The highest BCUT2D eigenvalue weighted by atomic mass is 16.5. The molecular weight excluding hydrogens is 328 g/mol. The van der Waals surface area contributed by atoms with Gasteiger partial charge in [0.2, 0.25) is 0 Å². The van der Waals surface area contributed by atoms with E-state index in [0.717, 1.165) is 11.1 Å². The molecule has 5 heteroatoms. The van der Waals surface area contributed by atoms with Crippen LogP contribution in [0, 0.1) is 0 Å². The van der Waals surface area contributed by atoms with Crippen molar-refractivity contribution in [2.45, 2.75) is 13.5 Å². The van der Waals surface area contributed by atoms with Gasteiger partial charge in [0.1, 0.15) is 12.4 Å². The second-order valence-electron chi connectivity index (χ2n) is 5.56. The van der Waals surface area contributed by atoms with Crippen LogP contribution in [0.2, 0.25) is 0 Å². The van der Waals surface area contributed by atoms with E-state index in [0.29, 0.717) is 19.0 Å². The van der Waals surface area contributed by atoms with Crippen LogP contribution in [0.1, 0.15) is 18.1 Å². The number of rotatable bonds is 6. The molecule has 0 fully saturated rings. The van der Waals surface area contributed by atoms with Crippen LogP contribution in [0.3, 0.4) is 0 Å². The van der Waals surface area contributed by atoms with Gasteiger partial charge in [0.05, 0.1) is 12.8 Å². The van der Waals surface area contributed by atoms with Gasteiger partial charge in [-0.3, -0.25) is 0 Å². The van der Waals surface area contributed by atoms with Crippen LogP contribution >= 0.6 is 0 Å². The van der Waals surface area contributed by atoms with E-state index in [4.69, 9.17) is 9.47 Å². The first-order valence-corrected chi connectivity index (χ1v) is 8.42. The minimum atomic E-state index is -0.585. The average molecular weight is 348 g/mol. The van der Waals surface area contributed by atoms with Crippen LogP contribution < -0.4 is 10.2 Å². The Morgan fingerprint density at radius 3 is 2.69 bits per heavy atom. The van der Waals surface area contributed by atoms with Gasteiger partial charge in [0.15, 0.2) is 0 Å². The number of fused-ring (bicyclic) bond motifs is 1. The summed E-state index contributed by atoms with van der Waals surface area (Å²) in [7, 11) is 0. The Balaban J connectivity index is 1.72.